The first-order chi connectivity index (χ1) is 16.2. The Kier molecular flexibility index (Phi) is 6.01. The highest BCUT2D eigenvalue weighted by Crippen LogP contribution is 2.24. The Bertz CT molecular complexity index is 1200. The van der Waals surface area contributed by atoms with Gasteiger partial charge in [-0.3, -0.25) is 14.5 Å². The van der Waals surface area contributed by atoms with Gasteiger partial charge in [0.15, 0.2) is 0 Å². The van der Waals surface area contributed by atoms with Crippen LogP contribution in [0, 0.1) is 0 Å². The molecule has 0 radical (unpaired) electrons. The summed E-state index contributed by atoms with van der Waals surface area (Å²) in [6.07, 6.45) is 5.72. The van der Waals surface area contributed by atoms with Crippen molar-refractivity contribution in [2.24, 2.45) is 0 Å². The number of aromatic nitrogens is 3. The fraction of sp³-hybridized carbons (Fsp3) is 0.192. The third-order valence-electron chi connectivity index (χ3n) is 5.71. The van der Waals surface area contributed by atoms with Crippen molar-refractivity contribution in [3.8, 4) is 11.3 Å². The monoisotopic (exact) mass is 438 g/mol. The molecule has 0 bridgehead atoms. The maximum absolute atomic E-state index is 11.7. The van der Waals surface area contributed by atoms with Crippen LogP contribution in [-0.4, -0.2) is 40.3 Å². The van der Waals surface area contributed by atoms with E-state index in [4.69, 9.17) is 5.10 Å². The van der Waals surface area contributed by atoms with Gasteiger partial charge in [0, 0.05) is 60.7 Å². The molecule has 0 atom stereocenters. The number of rotatable bonds is 7. The third kappa shape index (κ3) is 5.03. The van der Waals surface area contributed by atoms with Gasteiger partial charge in [0.05, 0.1) is 18.8 Å². The number of hydrogen-bond acceptors (Lipinski definition) is 5. The zero-order valence-corrected chi connectivity index (χ0v) is 18.3. The number of amides is 1. The molecule has 0 unspecified atom stereocenters. The predicted octanol–water partition coefficient (Wildman–Crippen LogP) is 3.54. The minimum Gasteiger partial charge on any atom is -0.381 e. The van der Waals surface area contributed by atoms with Crippen molar-refractivity contribution in [2.45, 2.75) is 13.1 Å². The van der Waals surface area contributed by atoms with Crippen molar-refractivity contribution in [2.75, 3.05) is 29.9 Å². The van der Waals surface area contributed by atoms with E-state index in [1.54, 1.807) is 6.20 Å². The molecule has 1 saturated heterocycles. The molecule has 2 N–H and O–H groups in total. The smallest absolute Gasteiger partial charge is 0.239 e. The number of hydrogen-bond donors (Lipinski definition) is 2. The van der Waals surface area contributed by atoms with E-state index in [-0.39, 0.29) is 5.91 Å². The summed E-state index contributed by atoms with van der Waals surface area (Å²) in [6.45, 7) is 3.27. The van der Waals surface area contributed by atoms with E-state index < -0.39 is 0 Å². The quantitative estimate of drug-likeness (QED) is 0.462. The normalized spacial score (nSPS) is 13.6. The molecule has 0 spiro atoms. The van der Waals surface area contributed by atoms with Crippen molar-refractivity contribution in [3.63, 3.8) is 0 Å². The average Bonchev–Trinajstić information content (AvgIpc) is 3.27. The van der Waals surface area contributed by atoms with Gasteiger partial charge in [-0.05, 0) is 42.0 Å². The fourth-order valence-electron chi connectivity index (χ4n) is 4.04. The molecule has 0 saturated carbocycles. The van der Waals surface area contributed by atoms with Crippen LogP contribution in [0.4, 0.5) is 11.4 Å². The Labute approximate surface area is 193 Å². The van der Waals surface area contributed by atoms with Gasteiger partial charge >= 0.3 is 0 Å². The molecule has 33 heavy (non-hydrogen) atoms. The summed E-state index contributed by atoms with van der Waals surface area (Å²) in [6, 6.07) is 22.5. The van der Waals surface area contributed by atoms with Gasteiger partial charge in [0.25, 0.3) is 0 Å². The van der Waals surface area contributed by atoms with E-state index in [2.05, 4.69) is 63.1 Å². The Morgan fingerprint density at radius 1 is 1.00 bits per heavy atom. The molecule has 4 aromatic rings. The number of pyridine rings is 1. The maximum Gasteiger partial charge on any atom is 0.239 e. The number of piperazine rings is 1. The molecule has 1 aliphatic heterocycles. The lowest BCUT2D eigenvalue weighted by atomic mass is 10.1. The van der Waals surface area contributed by atoms with E-state index >= 15 is 0 Å². The number of carbonyl (C=O) groups is 1. The summed E-state index contributed by atoms with van der Waals surface area (Å²) in [7, 11) is 0. The van der Waals surface area contributed by atoms with Crippen LogP contribution in [0.5, 0.6) is 0 Å². The standard InChI is InChI=1S/C26H26N6O/c33-25-19-31(14-13-28-25)24-10-8-23(9-11-24)29-16-22-18-32(17-20-5-2-1-3-6-20)30-26(22)21-7-4-12-27-15-21/h1-12,15,18,29H,13-14,16-17,19H2,(H,28,33). The summed E-state index contributed by atoms with van der Waals surface area (Å²) in [5.41, 5.74) is 6.33. The minimum atomic E-state index is 0.0684. The molecular formula is C26H26N6O. The van der Waals surface area contributed by atoms with Crippen molar-refractivity contribution >= 4 is 17.3 Å². The van der Waals surface area contributed by atoms with Crippen molar-refractivity contribution < 1.29 is 4.79 Å². The lowest BCUT2D eigenvalue weighted by molar-refractivity contribution is -0.120. The molecule has 7 nitrogen and oxygen atoms in total. The van der Waals surface area contributed by atoms with Crippen LogP contribution in [0.1, 0.15) is 11.1 Å². The highest BCUT2D eigenvalue weighted by atomic mass is 16.2. The van der Waals surface area contributed by atoms with Crippen LogP contribution in [0.15, 0.2) is 85.3 Å². The van der Waals surface area contributed by atoms with Crippen LogP contribution in [-0.2, 0) is 17.9 Å². The van der Waals surface area contributed by atoms with E-state index in [1.807, 2.05) is 41.2 Å². The molecule has 166 valence electrons. The van der Waals surface area contributed by atoms with E-state index in [9.17, 15) is 4.79 Å². The summed E-state index contributed by atoms with van der Waals surface area (Å²) in [5.74, 6) is 0.0684. The van der Waals surface area contributed by atoms with Gasteiger partial charge in [-0.1, -0.05) is 30.3 Å². The van der Waals surface area contributed by atoms with E-state index in [0.717, 1.165) is 34.7 Å². The largest absolute Gasteiger partial charge is 0.381 e. The zero-order valence-electron chi connectivity index (χ0n) is 18.3. The third-order valence-corrected chi connectivity index (χ3v) is 5.71. The van der Waals surface area contributed by atoms with E-state index in [1.165, 1.54) is 5.56 Å². The number of anilines is 2. The highest BCUT2D eigenvalue weighted by molar-refractivity contribution is 5.82. The Morgan fingerprint density at radius 2 is 1.85 bits per heavy atom. The van der Waals surface area contributed by atoms with Crippen LogP contribution in [0.3, 0.4) is 0 Å². The Hall–Kier alpha value is -4.13. The second-order valence-corrected chi connectivity index (χ2v) is 8.10. The zero-order chi connectivity index (χ0) is 22.5. The van der Waals surface area contributed by atoms with Crippen LogP contribution in [0.2, 0.25) is 0 Å². The van der Waals surface area contributed by atoms with Crippen LogP contribution < -0.4 is 15.5 Å². The summed E-state index contributed by atoms with van der Waals surface area (Å²) in [4.78, 5) is 18.0. The molecule has 2 aromatic heterocycles. The number of benzene rings is 2. The second-order valence-electron chi connectivity index (χ2n) is 8.10. The van der Waals surface area contributed by atoms with Gasteiger partial charge in [-0.25, -0.2) is 0 Å². The minimum absolute atomic E-state index is 0.0684. The molecule has 3 heterocycles. The summed E-state index contributed by atoms with van der Waals surface area (Å²) >= 11 is 0. The first kappa shape index (κ1) is 20.8. The van der Waals surface area contributed by atoms with E-state index in [0.29, 0.717) is 26.2 Å². The molecule has 5 rings (SSSR count). The number of nitrogens with one attached hydrogen (secondary N) is 2. The molecule has 1 fully saturated rings. The SMILES string of the molecule is O=C1CN(c2ccc(NCc3cn(Cc4ccccc4)nc3-c3cccnc3)cc2)CCN1. The summed E-state index contributed by atoms with van der Waals surface area (Å²) in [5, 5.41) is 11.2. The molecular weight excluding hydrogens is 412 g/mol. The predicted molar refractivity (Wildman–Crippen MR) is 130 cm³/mol. The first-order valence-electron chi connectivity index (χ1n) is 11.1. The van der Waals surface area contributed by atoms with Crippen LogP contribution in [0.25, 0.3) is 11.3 Å². The second kappa shape index (κ2) is 9.56. The lowest BCUT2D eigenvalue weighted by Crippen LogP contribution is -2.47. The maximum atomic E-state index is 11.7. The molecule has 1 amide bonds. The summed E-state index contributed by atoms with van der Waals surface area (Å²) < 4.78 is 1.99. The first-order valence-corrected chi connectivity index (χ1v) is 11.1. The van der Waals surface area contributed by atoms with Crippen LogP contribution >= 0.6 is 0 Å². The van der Waals surface area contributed by atoms with Gasteiger partial charge in [0.1, 0.15) is 0 Å². The molecule has 7 heteroatoms. The highest BCUT2D eigenvalue weighted by Gasteiger charge is 2.16. The molecule has 2 aromatic carbocycles. The van der Waals surface area contributed by atoms with Gasteiger partial charge < -0.3 is 15.5 Å². The average molecular weight is 439 g/mol. The molecule has 0 aliphatic carbocycles. The molecule has 1 aliphatic rings. The van der Waals surface area contributed by atoms with Gasteiger partial charge in [0.2, 0.25) is 5.91 Å². The number of carbonyl (C=O) groups excluding carboxylic acids is 1. The Balaban J connectivity index is 1.32. The fourth-order valence-corrected chi connectivity index (χ4v) is 4.04. The number of nitrogens with zero attached hydrogens (tertiary/aromatic N) is 4. The lowest BCUT2D eigenvalue weighted by Gasteiger charge is -2.28. The van der Waals surface area contributed by atoms with Gasteiger partial charge in [-0.15, -0.1) is 0 Å². The van der Waals surface area contributed by atoms with Gasteiger partial charge in [-0.2, -0.15) is 5.10 Å². The van der Waals surface area contributed by atoms with Crippen molar-refractivity contribution in [1.82, 2.24) is 20.1 Å². The topological polar surface area (TPSA) is 75.1 Å². The Morgan fingerprint density at radius 3 is 2.61 bits per heavy atom. The van der Waals surface area contributed by atoms with Crippen molar-refractivity contribution in [3.05, 3.63) is 96.4 Å². The van der Waals surface area contributed by atoms with Crippen molar-refractivity contribution in [1.29, 1.82) is 0 Å².